The molecule has 6 nitrogen and oxygen atoms in total. The lowest BCUT2D eigenvalue weighted by Crippen LogP contribution is -2.45. The van der Waals surface area contributed by atoms with Crippen molar-refractivity contribution < 1.29 is 4.74 Å². The van der Waals surface area contributed by atoms with Gasteiger partial charge in [0.25, 0.3) is 0 Å². The average Bonchev–Trinajstić information content (AvgIpc) is 3.46. The summed E-state index contributed by atoms with van der Waals surface area (Å²) in [5.74, 6) is 0.952. The molecule has 2 N–H and O–H groups in total. The summed E-state index contributed by atoms with van der Waals surface area (Å²) >= 11 is 0. The van der Waals surface area contributed by atoms with Crippen LogP contribution in [0.25, 0.3) is 0 Å². The number of likely N-dealkylation sites (tertiary alicyclic amines) is 1. The Bertz CT molecular complexity index is 671. The summed E-state index contributed by atoms with van der Waals surface area (Å²) < 4.78 is 5.44. The highest BCUT2D eigenvalue weighted by molar-refractivity contribution is 14.0. The normalized spacial score (nSPS) is 23.6. The van der Waals surface area contributed by atoms with Crippen LogP contribution in [0.2, 0.25) is 0 Å². The lowest BCUT2D eigenvalue weighted by Gasteiger charge is -2.26. The number of benzene rings is 1. The highest BCUT2D eigenvalue weighted by Gasteiger charge is 2.30. The summed E-state index contributed by atoms with van der Waals surface area (Å²) in [5.41, 5.74) is 2.63. The Kier molecular flexibility index (Phi) is 10.3. The van der Waals surface area contributed by atoms with Gasteiger partial charge in [0.1, 0.15) is 0 Å². The van der Waals surface area contributed by atoms with Gasteiger partial charge in [0, 0.05) is 51.4 Å². The number of nitrogens with one attached hydrogen (secondary N) is 2. The van der Waals surface area contributed by atoms with E-state index in [9.17, 15) is 0 Å². The first kappa shape index (κ1) is 24.7. The van der Waals surface area contributed by atoms with Crippen LogP contribution in [-0.4, -0.2) is 73.8 Å². The molecular formula is C24H40IN5O. The number of halogens is 1. The lowest BCUT2D eigenvalue weighted by molar-refractivity contribution is 0.0342. The summed E-state index contributed by atoms with van der Waals surface area (Å²) in [6.07, 6.45) is 6.82. The molecule has 2 saturated heterocycles. The van der Waals surface area contributed by atoms with Crippen LogP contribution in [0.5, 0.6) is 0 Å². The molecule has 1 atom stereocenters. The van der Waals surface area contributed by atoms with Crippen molar-refractivity contribution in [2.75, 3.05) is 45.9 Å². The minimum Gasteiger partial charge on any atom is -0.379 e. The Balaban J connectivity index is 0.00000272. The van der Waals surface area contributed by atoms with Crippen LogP contribution >= 0.6 is 24.0 Å². The van der Waals surface area contributed by atoms with Crippen molar-refractivity contribution >= 4 is 29.9 Å². The summed E-state index contributed by atoms with van der Waals surface area (Å²) in [6.45, 7) is 10.9. The van der Waals surface area contributed by atoms with Gasteiger partial charge in [-0.2, -0.15) is 0 Å². The predicted molar refractivity (Wildman–Crippen MR) is 138 cm³/mol. The topological polar surface area (TPSA) is 52.1 Å². The van der Waals surface area contributed by atoms with Crippen LogP contribution in [0.1, 0.15) is 50.2 Å². The van der Waals surface area contributed by atoms with Crippen LogP contribution in [0, 0.1) is 0 Å². The second-order valence-electron chi connectivity index (χ2n) is 8.96. The fraction of sp³-hybridized carbons (Fsp3) is 0.708. The minimum atomic E-state index is 0. The largest absolute Gasteiger partial charge is 0.379 e. The Morgan fingerprint density at radius 1 is 1.03 bits per heavy atom. The maximum atomic E-state index is 5.44. The van der Waals surface area contributed by atoms with E-state index in [2.05, 4.69) is 51.6 Å². The highest BCUT2D eigenvalue weighted by Crippen LogP contribution is 2.26. The van der Waals surface area contributed by atoms with Gasteiger partial charge in [0.15, 0.2) is 5.96 Å². The fourth-order valence-corrected chi connectivity index (χ4v) is 4.96. The van der Waals surface area contributed by atoms with Crippen LogP contribution in [0.15, 0.2) is 29.3 Å². The van der Waals surface area contributed by atoms with Crippen LogP contribution in [0.3, 0.4) is 0 Å². The summed E-state index contributed by atoms with van der Waals surface area (Å²) in [6, 6.07) is 10.3. The third kappa shape index (κ3) is 7.58. The van der Waals surface area contributed by atoms with Crippen molar-refractivity contribution in [1.29, 1.82) is 0 Å². The molecule has 0 spiro atoms. The van der Waals surface area contributed by atoms with E-state index in [-0.39, 0.29) is 24.0 Å². The van der Waals surface area contributed by atoms with Crippen molar-refractivity contribution in [3.63, 3.8) is 0 Å². The average molecular weight is 542 g/mol. The Hall–Kier alpha value is -0.900. The molecule has 4 rings (SSSR count). The molecule has 2 aliphatic heterocycles. The minimum absolute atomic E-state index is 0. The molecule has 7 heteroatoms. The van der Waals surface area contributed by atoms with Crippen LogP contribution in [0.4, 0.5) is 0 Å². The summed E-state index contributed by atoms with van der Waals surface area (Å²) in [5, 5.41) is 7.12. The smallest absolute Gasteiger partial charge is 0.191 e. The van der Waals surface area contributed by atoms with Gasteiger partial charge < -0.3 is 15.4 Å². The van der Waals surface area contributed by atoms with Gasteiger partial charge in [-0.05, 0) is 37.3 Å². The first-order valence-electron chi connectivity index (χ1n) is 12.0. The van der Waals surface area contributed by atoms with Gasteiger partial charge in [-0.3, -0.25) is 9.80 Å². The highest BCUT2D eigenvalue weighted by atomic mass is 127. The Labute approximate surface area is 205 Å². The third-order valence-electron chi connectivity index (χ3n) is 6.70. The molecule has 2 heterocycles. The molecule has 31 heavy (non-hydrogen) atoms. The van der Waals surface area contributed by atoms with E-state index in [1.54, 1.807) is 0 Å². The van der Waals surface area contributed by atoms with E-state index in [1.807, 2.05) is 0 Å². The summed E-state index contributed by atoms with van der Waals surface area (Å²) in [4.78, 5) is 10.0. The zero-order valence-electron chi connectivity index (χ0n) is 19.0. The van der Waals surface area contributed by atoms with Crippen molar-refractivity contribution in [3.05, 3.63) is 35.4 Å². The molecule has 0 bridgehead atoms. The molecule has 174 valence electrons. The van der Waals surface area contributed by atoms with Gasteiger partial charge in [-0.15, -0.1) is 24.0 Å². The molecule has 0 radical (unpaired) electrons. The molecule has 1 saturated carbocycles. The van der Waals surface area contributed by atoms with Gasteiger partial charge in [0.05, 0.1) is 19.8 Å². The molecule has 1 aliphatic carbocycles. The Morgan fingerprint density at radius 3 is 2.45 bits per heavy atom. The number of rotatable bonds is 7. The van der Waals surface area contributed by atoms with Gasteiger partial charge in [-0.25, -0.2) is 4.99 Å². The van der Waals surface area contributed by atoms with E-state index in [4.69, 9.17) is 9.73 Å². The molecule has 0 amide bonds. The predicted octanol–water partition coefficient (Wildman–Crippen LogP) is 3.21. The molecule has 1 unspecified atom stereocenters. The number of hydrogen-bond donors (Lipinski definition) is 2. The number of guanidine groups is 1. The number of morpholine rings is 1. The zero-order valence-corrected chi connectivity index (χ0v) is 21.4. The SMILES string of the molecule is CCNC(=NCc1ccc(CN2CCOCC2)cc1)NC1CCN(C2CCCC2)C1.I. The first-order chi connectivity index (χ1) is 14.8. The monoisotopic (exact) mass is 541 g/mol. The fourth-order valence-electron chi connectivity index (χ4n) is 4.96. The van der Waals surface area contributed by atoms with E-state index in [0.29, 0.717) is 12.6 Å². The lowest BCUT2D eigenvalue weighted by atomic mass is 10.1. The van der Waals surface area contributed by atoms with E-state index >= 15 is 0 Å². The second-order valence-corrected chi connectivity index (χ2v) is 8.96. The number of nitrogens with zero attached hydrogens (tertiary/aromatic N) is 3. The Morgan fingerprint density at radius 2 is 1.74 bits per heavy atom. The molecule has 3 aliphatic rings. The van der Waals surface area contributed by atoms with Crippen molar-refractivity contribution in [3.8, 4) is 0 Å². The van der Waals surface area contributed by atoms with Crippen LogP contribution in [-0.2, 0) is 17.8 Å². The van der Waals surface area contributed by atoms with Gasteiger partial charge in [-0.1, -0.05) is 37.1 Å². The van der Waals surface area contributed by atoms with E-state index < -0.39 is 0 Å². The maximum Gasteiger partial charge on any atom is 0.191 e. The van der Waals surface area contributed by atoms with Gasteiger partial charge in [0.2, 0.25) is 0 Å². The molecule has 1 aromatic rings. The third-order valence-corrected chi connectivity index (χ3v) is 6.70. The van der Waals surface area contributed by atoms with Crippen LogP contribution < -0.4 is 10.6 Å². The summed E-state index contributed by atoms with van der Waals surface area (Å²) in [7, 11) is 0. The second kappa shape index (κ2) is 13.0. The van der Waals surface area contributed by atoms with E-state index in [1.165, 1.54) is 49.8 Å². The van der Waals surface area contributed by atoms with Crippen molar-refractivity contribution in [1.82, 2.24) is 20.4 Å². The molecule has 1 aromatic carbocycles. The molecule has 3 fully saturated rings. The standard InChI is InChI=1S/C24H39N5O.HI/c1-2-25-24(27-22-11-12-29(19-22)23-5-3-4-6-23)26-17-20-7-9-21(10-8-20)18-28-13-15-30-16-14-28;/h7-10,22-23H,2-6,11-19H2,1H3,(H2,25,26,27);1H. The van der Waals surface area contributed by atoms with Crippen molar-refractivity contribution in [2.24, 2.45) is 4.99 Å². The van der Waals surface area contributed by atoms with Crippen molar-refractivity contribution in [2.45, 2.75) is 64.2 Å². The number of aliphatic imine (C=N–C) groups is 1. The van der Waals surface area contributed by atoms with E-state index in [0.717, 1.165) is 57.9 Å². The number of hydrogen-bond acceptors (Lipinski definition) is 4. The quantitative estimate of drug-likeness (QED) is 0.316. The molecule has 0 aromatic heterocycles. The first-order valence-corrected chi connectivity index (χ1v) is 12.0. The molecular weight excluding hydrogens is 501 g/mol. The van der Waals surface area contributed by atoms with Gasteiger partial charge >= 0.3 is 0 Å². The number of ether oxygens (including phenoxy) is 1. The zero-order chi connectivity index (χ0) is 20.6. The maximum absolute atomic E-state index is 5.44.